The van der Waals surface area contributed by atoms with Crippen LogP contribution in [0.1, 0.15) is 36.7 Å². The minimum atomic E-state index is -0.0403. The van der Waals surface area contributed by atoms with Gasteiger partial charge >= 0.3 is 0 Å². The lowest BCUT2D eigenvalue weighted by atomic mass is 9.95. The predicted octanol–water partition coefficient (Wildman–Crippen LogP) is 3.02. The van der Waals surface area contributed by atoms with E-state index in [0.29, 0.717) is 0 Å². The Morgan fingerprint density at radius 3 is 2.73 bits per heavy atom. The molecule has 33 heavy (non-hydrogen) atoms. The summed E-state index contributed by atoms with van der Waals surface area (Å²) in [6.07, 6.45) is 11.1. The van der Waals surface area contributed by atoms with E-state index in [1.807, 2.05) is 35.4 Å². The van der Waals surface area contributed by atoms with Gasteiger partial charge in [0.2, 0.25) is 0 Å². The van der Waals surface area contributed by atoms with Gasteiger partial charge in [-0.1, -0.05) is 0 Å². The molecule has 0 saturated carbocycles. The Labute approximate surface area is 193 Å². The van der Waals surface area contributed by atoms with Crippen LogP contribution in [0.15, 0.2) is 36.8 Å². The molecule has 6 heterocycles. The van der Waals surface area contributed by atoms with E-state index in [9.17, 15) is 0 Å². The Morgan fingerprint density at radius 1 is 1.03 bits per heavy atom. The number of fused-ring (bicyclic) bond motifs is 1. The van der Waals surface area contributed by atoms with Gasteiger partial charge in [-0.25, -0.2) is 4.68 Å². The highest BCUT2D eigenvalue weighted by Crippen LogP contribution is 2.42. The quantitative estimate of drug-likeness (QED) is 0.658. The Bertz CT molecular complexity index is 1130. The number of hydrogen-bond acceptors (Lipinski definition) is 7. The number of ether oxygens (including phenoxy) is 2. The maximum Gasteiger partial charge on any atom is 0.150 e. The SMILES string of the molecule is CN1c2c(ccnc2-c2ccnn2C2CCCCO2)C=C(c2ccn[nH]2)C1N1CCOCC1. The standard InChI is InChI=1S/C24H29N7O2/c1-29-23-17(16-18(19-6-9-26-28-19)24(29)30-11-14-32-15-12-30)5-8-25-22(23)20-7-10-27-31(20)21-4-2-3-13-33-21/h5-10,16,21,24H,2-4,11-15H2,1H3,(H,26,28). The normalized spacial score (nSPS) is 23.9. The number of anilines is 1. The highest BCUT2D eigenvalue weighted by Gasteiger charge is 2.36. The molecule has 2 fully saturated rings. The van der Waals surface area contributed by atoms with E-state index < -0.39 is 0 Å². The average molecular weight is 448 g/mol. The zero-order valence-corrected chi connectivity index (χ0v) is 18.9. The first kappa shape index (κ1) is 20.6. The summed E-state index contributed by atoms with van der Waals surface area (Å²) < 4.78 is 13.7. The molecule has 0 spiro atoms. The number of morpholine rings is 1. The Morgan fingerprint density at radius 2 is 1.94 bits per heavy atom. The molecule has 3 aromatic heterocycles. The molecule has 1 N–H and O–H groups in total. The molecule has 6 rings (SSSR count). The van der Waals surface area contributed by atoms with Crippen LogP contribution < -0.4 is 4.90 Å². The average Bonchev–Trinajstić information content (AvgIpc) is 3.57. The Balaban J connectivity index is 1.47. The van der Waals surface area contributed by atoms with Crippen molar-refractivity contribution in [3.63, 3.8) is 0 Å². The van der Waals surface area contributed by atoms with E-state index >= 15 is 0 Å². The molecule has 2 atom stereocenters. The summed E-state index contributed by atoms with van der Waals surface area (Å²) in [5.74, 6) is 0. The largest absolute Gasteiger partial charge is 0.379 e. The minimum Gasteiger partial charge on any atom is -0.379 e. The third kappa shape index (κ3) is 3.66. The summed E-state index contributed by atoms with van der Waals surface area (Å²) in [5, 5.41) is 12.0. The molecule has 9 nitrogen and oxygen atoms in total. The van der Waals surface area contributed by atoms with Crippen LogP contribution in [0.25, 0.3) is 23.0 Å². The van der Waals surface area contributed by atoms with Crippen LogP contribution in [0.3, 0.4) is 0 Å². The van der Waals surface area contributed by atoms with Crippen molar-refractivity contribution in [1.82, 2.24) is 29.9 Å². The Kier molecular flexibility index (Phi) is 5.45. The van der Waals surface area contributed by atoms with Gasteiger partial charge in [-0.05, 0) is 43.5 Å². The van der Waals surface area contributed by atoms with Crippen LogP contribution >= 0.6 is 0 Å². The third-order valence-electron chi connectivity index (χ3n) is 6.81. The summed E-state index contributed by atoms with van der Waals surface area (Å²) in [7, 11) is 2.16. The number of aromatic nitrogens is 5. The molecule has 3 aliphatic rings. The summed E-state index contributed by atoms with van der Waals surface area (Å²) in [6, 6.07) is 6.17. The van der Waals surface area contributed by atoms with Gasteiger partial charge in [-0.3, -0.25) is 15.0 Å². The van der Waals surface area contributed by atoms with Gasteiger partial charge in [0, 0.05) is 56.5 Å². The Hall–Kier alpha value is -3.01. The number of pyridine rings is 1. The lowest BCUT2D eigenvalue weighted by Crippen LogP contribution is -2.53. The van der Waals surface area contributed by atoms with Gasteiger partial charge in [0.1, 0.15) is 11.9 Å². The molecule has 0 radical (unpaired) electrons. The maximum atomic E-state index is 6.05. The highest BCUT2D eigenvalue weighted by molar-refractivity contribution is 5.95. The second-order valence-electron chi connectivity index (χ2n) is 8.78. The van der Waals surface area contributed by atoms with Gasteiger partial charge in [-0.2, -0.15) is 10.2 Å². The maximum absolute atomic E-state index is 6.05. The molecule has 0 bridgehead atoms. The zero-order chi connectivity index (χ0) is 22.2. The molecule has 3 aromatic rings. The van der Waals surface area contributed by atoms with E-state index in [0.717, 1.165) is 80.5 Å². The number of nitrogens with zero attached hydrogens (tertiary/aromatic N) is 6. The molecule has 2 saturated heterocycles. The predicted molar refractivity (Wildman–Crippen MR) is 125 cm³/mol. The topological polar surface area (TPSA) is 84.3 Å². The van der Waals surface area contributed by atoms with Crippen molar-refractivity contribution in [3.8, 4) is 11.4 Å². The van der Waals surface area contributed by atoms with Gasteiger partial charge in [-0.15, -0.1) is 0 Å². The molecular formula is C24H29N7O2. The van der Waals surface area contributed by atoms with Gasteiger partial charge in [0.25, 0.3) is 0 Å². The van der Waals surface area contributed by atoms with E-state index in [1.54, 1.807) is 0 Å². The van der Waals surface area contributed by atoms with E-state index in [1.165, 1.54) is 5.57 Å². The number of nitrogens with one attached hydrogen (secondary N) is 1. The van der Waals surface area contributed by atoms with E-state index in [4.69, 9.17) is 14.5 Å². The molecule has 0 aliphatic carbocycles. The lowest BCUT2D eigenvalue weighted by molar-refractivity contribution is -0.0384. The van der Waals surface area contributed by atoms with Crippen LogP contribution in [0.5, 0.6) is 0 Å². The third-order valence-corrected chi connectivity index (χ3v) is 6.81. The summed E-state index contributed by atoms with van der Waals surface area (Å²) in [5.41, 5.74) is 6.39. The van der Waals surface area contributed by atoms with Crippen molar-refractivity contribution in [2.75, 3.05) is 44.9 Å². The number of H-pyrrole nitrogens is 1. The fraction of sp³-hybridized carbons (Fsp3) is 0.458. The minimum absolute atomic E-state index is 0.0403. The number of likely N-dealkylation sites (N-methyl/N-ethyl adjacent to an activating group) is 1. The van der Waals surface area contributed by atoms with Crippen molar-refractivity contribution in [2.45, 2.75) is 31.7 Å². The van der Waals surface area contributed by atoms with Gasteiger partial charge in [0.15, 0.2) is 6.23 Å². The monoisotopic (exact) mass is 447 g/mol. The zero-order valence-electron chi connectivity index (χ0n) is 18.9. The summed E-state index contributed by atoms with van der Waals surface area (Å²) in [4.78, 5) is 9.67. The molecule has 0 aromatic carbocycles. The first-order valence-corrected chi connectivity index (χ1v) is 11.7. The van der Waals surface area contributed by atoms with Gasteiger partial charge in [0.05, 0.1) is 30.3 Å². The summed E-state index contributed by atoms with van der Waals surface area (Å²) in [6.45, 7) is 4.00. The van der Waals surface area contributed by atoms with Crippen LogP contribution in [0.2, 0.25) is 0 Å². The second-order valence-corrected chi connectivity index (χ2v) is 8.78. The molecule has 0 amide bonds. The number of hydrogen-bond donors (Lipinski definition) is 1. The lowest BCUT2D eigenvalue weighted by Gasteiger charge is -2.44. The first-order chi connectivity index (χ1) is 16.3. The van der Waals surface area contributed by atoms with Crippen molar-refractivity contribution < 1.29 is 9.47 Å². The van der Waals surface area contributed by atoms with Crippen molar-refractivity contribution in [3.05, 3.63) is 48.0 Å². The molecule has 172 valence electrons. The van der Waals surface area contributed by atoms with Crippen molar-refractivity contribution >= 4 is 17.3 Å². The highest BCUT2D eigenvalue weighted by atomic mass is 16.5. The smallest absolute Gasteiger partial charge is 0.150 e. The summed E-state index contributed by atoms with van der Waals surface area (Å²) >= 11 is 0. The fourth-order valence-electron chi connectivity index (χ4n) is 5.26. The number of rotatable bonds is 4. The second kappa shape index (κ2) is 8.74. The van der Waals surface area contributed by atoms with E-state index in [-0.39, 0.29) is 12.4 Å². The van der Waals surface area contributed by atoms with Gasteiger partial charge < -0.3 is 14.4 Å². The molecule has 9 heteroatoms. The first-order valence-electron chi connectivity index (χ1n) is 11.7. The van der Waals surface area contributed by atoms with E-state index in [2.05, 4.69) is 44.3 Å². The van der Waals surface area contributed by atoms with Crippen LogP contribution in [-0.4, -0.2) is 76.0 Å². The van der Waals surface area contributed by atoms with Crippen LogP contribution in [0, 0.1) is 0 Å². The molecular weight excluding hydrogens is 418 g/mol. The molecule has 3 aliphatic heterocycles. The van der Waals surface area contributed by atoms with Crippen LogP contribution in [0.4, 0.5) is 5.69 Å². The number of aromatic amines is 1. The fourth-order valence-corrected chi connectivity index (χ4v) is 5.26. The van der Waals surface area contributed by atoms with Crippen molar-refractivity contribution in [2.24, 2.45) is 0 Å². The van der Waals surface area contributed by atoms with Crippen molar-refractivity contribution in [1.29, 1.82) is 0 Å². The molecule has 2 unspecified atom stereocenters. The van der Waals surface area contributed by atoms with Crippen LogP contribution in [-0.2, 0) is 9.47 Å².